The highest BCUT2D eigenvalue weighted by Gasteiger charge is 2.37. The van der Waals surface area contributed by atoms with Gasteiger partial charge >= 0.3 is 0 Å². The minimum atomic E-state index is -0.422. The van der Waals surface area contributed by atoms with Crippen molar-refractivity contribution in [2.75, 3.05) is 10.6 Å². The molecule has 0 radical (unpaired) electrons. The molecule has 0 saturated heterocycles. The van der Waals surface area contributed by atoms with Gasteiger partial charge in [-0.15, -0.1) is 0 Å². The van der Waals surface area contributed by atoms with Crippen LogP contribution in [0.15, 0.2) is 121 Å². The van der Waals surface area contributed by atoms with Gasteiger partial charge in [0.05, 0.1) is 45.0 Å². The van der Waals surface area contributed by atoms with Crippen molar-refractivity contribution in [3.05, 3.63) is 188 Å². The van der Waals surface area contributed by atoms with Crippen molar-refractivity contribution in [1.29, 1.82) is 0 Å². The fraction of sp³-hybridized carbons (Fsp3) is 0. The molecule has 0 spiro atoms. The highest BCUT2D eigenvalue weighted by atomic mass is 16.2. The number of hydrogen-bond acceptors (Lipinski definition) is 8. The summed E-state index contributed by atoms with van der Waals surface area (Å²) in [6.45, 7) is 0. The lowest BCUT2D eigenvalue weighted by molar-refractivity contribution is 0.0979. The molecule has 0 bridgehead atoms. The normalized spacial score (nSPS) is 13.8. The zero-order valence-electron chi connectivity index (χ0n) is 26.0. The number of anilines is 4. The maximum Gasteiger partial charge on any atom is 0.196 e. The average Bonchev–Trinajstić information content (AvgIpc) is 3.15. The first-order valence-electron chi connectivity index (χ1n) is 15.9. The van der Waals surface area contributed by atoms with E-state index in [-0.39, 0.29) is 90.1 Å². The SMILES string of the molecule is O=C1c2ccccc2C(=O)c2c(Nc3ccc(Nc4cccc5c4C(=O)c4ccccc4C5=O)c4c3C(=O)c3ccccc3C4=O)cccc21. The largest absolute Gasteiger partial charge is 0.354 e. The molecule has 8 heteroatoms. The Kier molecular flexibility index (Phi) is 6.25. The van der Waals surface area contributed by atoms with Crippen LogP contribution in [0.5, 0.6) is 0 Å². The molecule has 50 heavy (non-hydrogen) atoms. The van der Waals surface area contributed by atoms with Crippen molar-refractivity contribution >= 4 is 57.4 Å². The Balaban J connectivity index is 1.19. The molecule has 0 aliphatic heterocycles. The van der Waals surface area contributed by atoms with Crippen LogP contribution in [0, 0.1) is 0 Å². The summed E-state index contributed by atoms with van der Waals surface area (Å²) in [7, 11) is 0. The zero-order valence-corrected chi connectivity index (χ0v) is 26.0. The Labute approximate surface area is 284 Å². The number of rotatable bonds is 4. The molecule has 3 aliphatic carbocycles. The van der Waals surface area contributed by atoms with E-state index in [0.29, 0.717) is 22.5 Å². The van der Waals surface area contributed by atoms with E-state index in [2.05, 4.69) is 10.6 Å². The van der Waals surface area contributed by atoms with Crippen LogP contribution >= 0.6 is 0 Å². The second-order valence-corrected chi connectivity index (χ2v) is 12.2. The summed E-state index contributed by atoms with van der Waals surface area (Å²) in [4.78, 5) is 82.9. The number of carbonyl (C=O) groups is 6. The van der Waals surface area contributed by atoms with Gasteiger partial charge in [-0.3, -0.25) is 28.8 Å². The number of carbonyl (C=O) groups excluding carboxylic acids is 6. The molecule has 236 valence electrons. The third-order valence-electron chi connectivity index (χ3n) is 9.52. The molecule has 0 heterocycles. The molecule has 0 atom stereocenters. The highest BCUT2D eigenvalue weighted by molar-refractivity contribution is 6.34. The lowest BCUT2D eigenvalue weighted by Crippen LogP contribution is -2.25. The van der Waals surface area contributed by atoms with Crippen molar-refractivity contribution in [3.63, 3.8) is 0 Å². The summed E-state index contributed by atoms with van der Waals surface area (Å²) in [5.74, 6) is -2.10. The number of benzene rings is 6. The second kappa shape index (κ2) is 10.7. The van der Waals surface area contributed by atoms with Gasteiger partial charge in [-0.05, 0) is 24.3 Å². The quantitative estimate of drug-likeness (QED) is 0.201. The predicted molar refractivity (Wildman–Crippen MR) is 186 cm³/mol. The van der Waals surface area contributed by atoms with Crippen LogP contribution in [0.4, 0.5) is 22.7 Å². The minimum absolute atomic E-state index is 0.0591. The average molecular weight is 651 g/mol. The first-order valence-corrected chi connectivity index (χ1v) is 15.9. The van der Waals surface area contributed by atoms with E-state index >= 15 is 0 Å². The van der Waals surface area contributed by atoms with Crippen molar-refractivity contribution in [1.82, 2.24) is 0 Å². The summed E-state index contributed by atoms with van der Waals surface area (Å²) < 4.78 is 0. The monoisotopic (exact) mass is 650 g/mol. The molecule has 3 aliphatic rings. The molecular formula is C42H22N2O6. The summed E-state index contributed by atoms with van der Waals surface area (Å²) >= 11 is 0. The van der Waals surface area contributed by atoms with E-state index in [1.165, 1.54) is 0 Å². The minimum Gasteiger partial charge on any atom is -0.354 e. The number of ketones is 6. The van der Waals surface area contributed by atoms with Gasteiger partial charge in [0, 0.05) is 44.5 Å². The van der Waals surface area contributed by atoms with Crippen LogP contribution in [-0.4, -0.2) is 34.7 Å². The first kappa shape index (κ1) is 29.1. The summed E-state index contributed by atoms with van der Waals surface area (Å²) in [6.07, 6.45) is 0. The van der Waals surface area contributed by atoms with Crippen molar-refractivity contribution < 1.29 is 28.8 Å². The molecule has 0 saturated carbocycles. The molecule has 0 unspecified atom stereocenters. The first-order chi connectivity index (χ1) is 24.3. The fourth-order valence-electron chi connectivity index (χ4n) is 7.22. The van der Waals surface area contributed by atoms with E-state index in [1.807, 2.05) is 0 Å². The summed E-state index contributed by atoms with van der Waals surface area (Å²) in [6, 6.07) is 32.8. The Morgan fingerprint density at radius 3 is 0.840 bits per heavy atom. The third-order valence-corrected chi connectivity index (χ3v) is 9.52. The van der Waals surface area contributed by atoms with Gasteiger partial charge in [0.15, 0.2) is 34.7 Å². The number of nitrogens with one attached hydrogen (secondary N) is 2. The van der Waals surface area contributed by atoms with Crippen molar-refractivity contribution in [2.24, 2.45) is 0 Å². The molecular weight excluding hydrogens is 628 g/mol. The molecule has 0 fully saturated rings. The maximum atomic E-state index is 14.3. The lowest BCUT2D eigenvalue weighted by atomic mass is 9.81. The maximum absolute atomic E-state index is 14.3. The molecule has 6 aromatic carbocycles. The fourth-order valence-corrected chi connectivity index (χ4v) is 7.22. The zero-order chi connectivity index (χ0) is 34.3. The van der Waals surface area contributed by atoms with Crippen LogP contribution in [0.2, 0.25) is 0 Å². The summed E-state index contributed by atoms with van der Waals surface area (Å²) in [5.41, 5.74) is 3.66. The standard InChI is InChI=1S/C42H22N2O6/c45-37-21-9-1-3-11-23(21)39(47)33-27(37)15-7-17-29(33)43-31-19-20-32(36-35(31)41(49)25-13-5-6-14-26(25)42(36)50)44-30-18-8-16-28-34(30)40(48)24-12-4-2-10-22(24)38(28)46/h1-20,43-44H. The molecule has 0 aromatic heterocycles. The van der Waals surface area contributed by atoms with E-state index in [9.17, 15) is 28.8 Å². The van der Waals surface area contributed by atoms with Crippen LogP contribution in [0.1, 0.15) is 95.5 Å². The number of hydrogen-bond donors (Lipinski definition) is 2. The predicted octanol–water partition coefficient (Wildman–Crippen LogP) is 7.50. The van der Waals surface area contributed by atoms with Gasteiger partial charge in [-0.25, -0.2) is 0 Å². The van der Waals surface area contributed by atoms with E-state index in [0.717, 1.165) is 0 Å². The van der Waals surface area contributed by atoms with Gasteiger partial charge in [-0.1, -0.05) is 97.1 Å². The van der Waals surface area contributed by atoms with Crippen LogP contribution in [0.3, 0.4) is 0 Å². The van der Waals surface area contributed by atoms with Gasteiger partial charge in [0.2, 0.25) is 0 Å². The highest BCUT2D eigenvalue weighted by Crippen LogP contribution is 2.42. The Morgan fingerprint density at radius 2 is 0.500 bits per heavy atom. The summed E-state index contributed by atoms with van der Waals surface area (Å²) in [5, 5.41) is 6.43. The van der Waals surface area contributed by atoms with Gasteiger partial charge in [0.1, 0.15) is 0 Å². The van der Waals surface area contributed by atoms with Crippen LogP contribution in [-0.2, 0) is 0 Å². The van der Waals surface area contributed by atoms with E-state index < -0.39 is 11.6 Å². The van der Waals surface area contributed by atoms with Crippen LogP contribution in [0.25, 0.3) is 0 Å². The lowest BCUT2D eigenvalue weighted by Gasteiger charge is -2.26. The van der Waals surface area contributed by atoms with E-state index in [1.54, 1.807) is 121 Å². The molecule has 6 aromatic rings. The Morgan fingerprint density at radius 1 is 0.240 bits per heavy atom. The Bertz CT molecular complexity index is 2440. The van der Waals surface area contributed by atoms with Gasteiger partial charge < -0.3 is 10.6 Å². The van der Waals surface area contributed by atoms with Gasteiger partial charge in [0.25, 0.3) is 0 Å². The second-order valence-electron chi connectivity index (χ2n) is 12.2. The topological polar surface area (TPSA) is 126 Å². The van der Waals surface area contributed by atoms with Gasteiger partial charge in [-0.2, -0.15) is 0 Å². The molecule has 2 N–H and O–H groups in total. The third kappa shape index (κ3) is 4.05. The van der Waals surface area contributed by atoms with Crippen LogP contribution < -0.4 is 10.6 Å². The smallest absolute Gasteiger partial charge is 0.196 e. The van der Waals surface area contributed by atoms with Crippen molar-refractivity contribution in [3.8, 4) is 0 Å². The number of fused-ring (bicyclic) bond motifs is 6. The molecule has 8 nitrogen and oxygen atoms in total. The van der Waals surface area contributed by atoms with E-state index in [4.69, 9.17) is 0 Å². The molecule has 9 rings (SSSR count). The molecule has 0 amide bonds. The van der Waals surface area contributed by atoms with Crippen molar-refractivity contribution in [2.45, 2.75) is 0 Å². The Hall–Kier alpha value is -7.06.